The Bertz CT molecular complexity index is 236. The zero-order valence-corrected chi connectivity index (χ0v) is 10.2. The Labute approximate surface area is 101 Å². The van der Waals surface area contributed by atoms with Crippen molar-refractivity contribution in [3.63, 3.8) is 0 Å². The van der Waals surface area contributed by atoms with Gasteiger partial charge in [-0.1, -0.05) is 0 Å². The van der Waals surface area contributed by atoms with Crippen molar-refractivity contribution in [2.75, 3.05) is 40.0 Å². The molecule has 0 aromatic rings. The highest BCUT2D eigenvalue weighted by Gasteiger charge is 2.39. The number of rotatable bonds is 6. The topological polar surface area (TPSA) is 90.8 Å². The lowest BCUT2D eigenvalue weighted by Crippen LogP contribution is -2.51. The van der Waals surface area contributed by atoms with Crippen LogP contribution in [0.5, 0.6) is 0 Å². The van der Waals surface area contributed by atoms with E-state index in [2.05, 4.69) is 10.6 Å². The van der Waals surface area contributed by atoms with E-state index in [1.807, 2.05) is 0 Å². The number of piperidine rings is 1. The number of amides is 1. The molecule has 0 saturated carbocycles. The maximum Gasteiger partial charge on any atom is 0.228 e. The molecule has 100 valence electrons. The molecule has 1 unspecified atom stereocenters. The normalized spacial score (nSPS) is 20.9. The monoisotopic (exact) mass is 246 g/mol. The van der Waals surface area contributed by atoms with Gasteiger partial charge in [-0.2, -0.15) is 0 Å². The smallest absolute Gasteiger partial charge is 0.228 e. The summed E-state index contributed by atoms with van der Waals surface area (Å²) >= 11 is 0. The zero-order chi connectivity index (χ0) is 12.7. The van der Waals surface area contributed by atoms with Gasteiger partial charge >= 0.3 is 0 Å². The van der Waals surface area contributed by atoms with E-state index in [9.17, 15) is 9.90 Å². The lowest BCUT2D eigenvalue weighted by Gasteiger charge is -2.35. The van der Waals surface area contributed by atoms with E-state index >= 15 is 0 Å². The van der Waals surface area contributed by atoms with Gasteiger partial charge in [0.05, 0.1) is 24.7 Å². The van der Waals surface area contributed by atoms with E-state index < -0.39 is 11.5 Å². The Balaban J connectivity index is 2.53. The number of ether oxygens (including phenoxy) is 1. The summed E-state index contributed by atoms with van der Waals surface area (Å²) in [6.07, 6.45) is 0.546. The predicted molar refractivity (Wildman–Crippen MR) is 62.5 cm³/mol. The minimum Gasteiger partial charge on any atom is -0.394 e. The fourth-order valence-corrected chi connectivity index (χ4v) is 2.08. The van der Waals surface area contributed by atoms with Crippen molar-refractivity contribution in [1.82, 2.24) is 10.6 Å². The average Bonchev–Trinajstić information content (AvgIpc) is 2.36. The second-order valence-corrected chi connectivity index (χ2v) is 4.51. The molecule has 0 bridgehead atoms. The summed E-state index contributed by atoms with van der Waals surface area (Å²) in [5, 5.41) is 23.8. The van der Waals surface area contributed by atoms with Gasteiger partial charge < -0.3 is 25.6 Å². The molecule has 1 aliphatic rings. The quantitative estimate of drug-likeness (QED) is 0.456. The highest BCUT2D eigenvalue weighted by molar-refractivity contribution is 5.83. The molecule has 0 spiro atoms. The fraction of sp³-hybridized carbons (Fsp3) is 0.909. The SMILES string of the molecule is COCC1(C(=O)NCC(O)CO)CCNCC1. The first-order valence-corrected chi connectivity index (χ1v) is 5.91. The van der Waals surface area contributed by atoms with Crippen LogP contribution in [0.1, 0.15) is 12.8 Å². The minimum atomic E-state index is -0.903. The van der Waals surface area contributed by atoms with Gasteiger partial charge in [0, 0.05) is 13.7 Å². The average molecular weight is 246 g/mol. The van der Waals surface area contributed by atoms with E-state index in [0.29, 0.717) is 6.61 Å². The highest BCUT2D eigenvalue weighted by atomic mass is 16.5. The van der Waals surface area contributed by atoms with Gasteiger partial charge in [-0.15, -0.1) is 0 Å². The van der Waals surface area contributed by atoms with Gasteiger partial charge in [0.25, 0.3) is 0 Å². The third-order valence-corrected chi connectivity index (χ3v) is 3.17. The molecule has 1 fully saturated rings. The molecule has 0 radical (unpaired) electrons. The lowest BCUT2D eigenvalue weighted by molar-refractivity contribution is -0.136. The van der Waals surface area contributed by atoms with Gasteiger partial charge in [0.2, 0.25) is 5.91 Å². The molecule has 0 aliphatic carbocycles. The van der Waals surface area contributed by atoms with Gasteiger partial charge in [0.15, 0.2) is 0 Å². The Morgan fingerprint density at radius 2 is 2.18 bits per heavy atom. The summed E-state index contributed by atoms with van der Waals surface area (Å²) in [5.41, 5.74) is -0.505. The first-order valence-electron chi connectivity index (χ1n) is 5.91. The standard InChI is InChI=1S/C11H22N2O4/c1-17-8-11(2-4-12-5-3-11)10(16)13-6-9(15)7-14/h9,12,14-15H,2-8H2,1H3,(H,13,16). The maximum atomic E-state index is 12.1. The summed E-state index contributed by atoms with van der Waals surface area (Å²) in [4.78, 5) is 12.1. The first kappa shape index (κ1) is 14.4. The summed E-state index contributed by atoms with van der Waals surface area (Å²) in [6.45, 7) is 1.70. The molecule has 1 aliphatic heterocycles. The molecule has 0 aromatic carbocycles. The lowest BCUT2D eigenvalue weighted by atomic mass is 9.78. The summed E-state index contributed by atoms with van der Waals surface area (Å²) in [5.74, 6) is -0.103. The van der Waals surface area contributed by atoms with Crippen LogP contribution in [0.25, 0.3) is 0 Å². The summed E-state index contributed by atoms with van der Waals surface area (Å²) in [6, 6.07) is 0. The Hall–Kier alpha value is -0.690. The van der Waals surface area contributed by atoms with Crippen LogP contribution in [0.15, 0.2) is 0 Å². The van der Waals surface area contributed by atoms with E-state index in [4.69, 9.17) is 9.84 Å². The second kappa shape index (κ2) is 6.90. The van der Waals surface area contributed by atoms with Crippen LogP contribution >= 0.6 is 0 Å². The molecule has 1 atom stereocenters. The van der Waals surface area contributed by atoms with Crippen LogP contribution in [0.2, 0.25) is 0 Å². The maximum absolute atomic E-state index is 12.1. The van der Waals surface area contributed by atoms with E-state index in [1.165, 1.54) is 0 Å². The van der Waals surface area contributed by atoms with Gasteiger partial charge in [0.1, 0.15) is 0 Å². The van der Waals surface area contributed by atoms with E-state index in [1.54, 1.807) is 7.11 Å². The molecule has 1 rings (SSSR count). The first-order chi connectivity index (χ1) is 8.14. The Kier molecular flexibility index (Phi) is 5.84. The molecule has 1 saturated heterocycles. The number of hydrogen-bond donors (Lipinski definition) is 4. The molecule has 4 N–H and O–H groups in total. The zero-order valence-electron chi connectivity index (χ0n) is 10.2. The van der Waals surface area contributed by atoms with Crippen LogP contribution in [-0.4, -0.2) is 62.2 Å². The van der Waals surface area contributed by atoms with Crippen molar-refractivity contribution < 1.29 is 19.7 Å². The van der Waals surface area contributed by atoms with Crippen molar-refractivity contribution in [2.45, 2.75) is 18.9 Å². The van der Waals surface area contributed by atoms with Crippen LogP contribution in [0.3, 0.4) is 0 Å². The molecule has 6 nitrogen and oxygen atoms in total. The number of aliphatic hydroxyl groups is 2. The van der Waals surface area contributed by atoms with E-state index in [-0.39, 0.29) is 19.1 Å². The molecular weight excluding hydrogens is 224 g/mol. The molecule has 1 heterocycles. The van der Waals surface area contributed by atoms with Crippen molar-refractivity contribution >= 4 is 5.91 Å². The van der Waals surface area contributed by atoms with Crippen LogP contribution in [0.4, 0.5) is 0 Å². The minimum absolute atomic E-state index is 0.0776. The molecule has 1 amide bonds. The third-order valence-electron chi connectivity index (χ3n) is 3.17. The third kappa shape index (κ3) is 3.92. The number of aliphatic hydroxyl groups excluding tert-OH is 2. The van der Waals surface area contributed by atoms with Crippen molar-refractivity contribution in [3.8, 4) is 0 Å². The van der Waals surface area contributed by atoms with E-state index in [0.717, 1.165) is 25.9 Å². The number of methoxy groups -OCH3 is 1. The molecule has 0 aromatic heterocycles. The number of hydrogen-bond acceptors (Lipinski definition) is 5. The van der Waals surface area contributed by atoms with Gasteiger partial charge in [-0.25, -0.2) is 0 Å². The number of carbonyl (C=O) groups is 1. The Morgan fingerprint density at radius 1 is 1.53 bits per heavy atom. The number of carbonyl (C=O) groups excluding carboxylic acids is 1. The summed E-state index contributed by atoms with van der Waals surface area (Å²) < 4.78 is 5.14. The molecule has 6 heteroatoms. The second-order valence-electron chi connectivity index (χ2n) is 4.51. The Morgan fingerprint density at radius 3 is 2.71 bits per heavy atom. The fourth-order valence-electron chi connectivity index (χ4n) is 2.08. The summed E-state index contributed by atoms with van der Waals surface area (Å²) in [7, 11) is 1.58. The van der Waals surface area contributed by atoms with Crippen molar-refractivity contribution in [2.24, 2.45) is 5.41 Å². The van der Waals surface area contributed by atoms with Crippen LogP contribution < -0.4 is 10.6 Å². The van der Waals surface area contributed by atoms with Gasteiger partial charge in [-0.3, -0.25) is 4.79 Å². The molecule has 17 heavy (non-hydrogen) atoms. The number of nitrogens with one attached hydrogen (secondary N) is 2. The molecular formula is C11H22N2O4. The predicted octanol–water partition coefficient (Wildman–Crippen LogP) is -1.53. The van der Waals surface area contributed by atoms with Crippen LogP contribution in [-0.2, 0) is 9.53 Å². The highest BCUT2D eigenvalue weighted by Crippen LogP contribution is 2.29. The largest absolute Gasteiger partial charge is 0.394 e. The van der Waals surface area contributed by atoms with Crippen LogP contribution in [0, 0.1) is 5.41 Å². The van der Waals surface area contributed by atoms with Crippen molar-refractivity contribution in [1.29, 1.82) is 0 Å². The van der Waals surface area contributed by atoms with Crippen molar-refractivity contribution in [3.05, 3.63) is 0 Å². The van der Waals surface area contributed by atoms with Gasteiger partial charge in [-0.05, 0) is 25.9 Å².